The minimum absolute atomic E-state index is 0.201. The first kappa shape index (κ1) is 16.5. The van der Waals surface area contributed by atoms with Crippen LogP contribution in [0, 0.1) is 0 Å². The summed E-state index contributed by atoms with van der Waals surface area (Å²) < 4.78 is 1.32. The number of benzene rings is 2. The van der Waals surface area contributed by atoms with E-state index >= 15 is 0 Å². The average Bonchev–Trinajstić information content (AvgIpc) is 2.40. The summed E-state index contributed by atoms with van der Waals surface area (Å²) in [5, 5.41) is 19.8. The fourth-order valence-corrected chi connectivity index (χ4v) is 3.60. The van der Waals surface area contributed by atoms with Gasteiger partial charge in [0.25, 0.3) is 0 Å². The van der Waals surface area contributed by atoms with Crippen molar-refractivity contribution >= 4 is 58.5 Å². The monoisotopic (exact) mass is 408 g/mol. The molecule has 0 atom stereocenters. The molecule has 0 aliphatic rings. The number of hydrogen-bond donors (Lipinski definition) is 2. The van der Waals surface area contributed by atoms with E-state index in [0.29, 0.717) is 14.7 Å². The lowest BCUT2D eigenvalue weighted by atomic mass is 9.73. The molecule has 0 aliphatic heterocycles. The highest BCUT2D eigenvalue weighted by atomic mass is 79.9. The molecule has 0 bridgehead atoms. The van der Waals surface area contributed by atoms with Crippen molar-refractivity contribution < 1.29 is 10.2 Å². The second kappa shape index (κ2) is 5.73. The van der Waals surface area contributed by atoms with Gasteiger partial charge in [0.15, 0.2) is 0 Å². The first-order valence-electron chi connectivity index (χ1n) is 6.63. The number of aromatic hydroxyl groups is 2. The van der Waals surface area contributed by atoms with Gasteiger partial charge < -0.3 is 10.2 Å². The van der Waals surface area contributed by atoms with Crippen LogP contribution >= 0.6 is 31.9 Å². The second-order valence-electron chi connectivity index (χ2n) is 5.87. The molecule has 2 aromatic carbocycles. The van der Waals surface area contributed by atoms with E-state index in [-0.39, 0.29) is 11.2 Å². The third-order valence-corrected chi connectivity index (χ3v) is 5.16. The second-order valence-corrected chi connectivity index (χ2v) is 7.58. The van der Waals surface area contributed by atoms with Crippen LogP contribution in [0.15, 0.2) is 33.2 Å². The summed E-state index contributed by atoms with van der Waals surface area (Å²) in [6.45, 7) is 4.26. The van der Waals surface area contributed by atoms with Crippen molar-refractivity contribution in [1.82, 2.24) is 0 Å². The third-order valence-electron chi connectivity index (χ3n) is 3.95. The maximum atomic E-state index is 9.94. The van der Waals surface area contributed by atoms with Crippen molar-refractivity contribution in [3.63, 3.8) is 0 Å². The highest BCUT2D eigenvalue weighted by Crippen LogP contribution is 2.39. The van der Waals surface area contributed by atoms with Gasteiger partial charge in [-0.1, -0.05) is 26.0 Å². The number of phenols is 2. The predicted molar refractivity (Wildman–Crippen MR) is 100 cm³/mol. The minimum Gasteiger partial charge on any atom is -0.509 e. The quantitative estimate of drug-likeness (QED) is 0.738. The van der Waals surface area contributed by atoms with E-state index in [1.165, 1.54) is 0 Å². The molecule has 2 nitrogen and oxygen atoms in total. The maximum Gasteiger partial charge on any atom is 0.144 e. The Labute approximate surface area is 143 Å². The van der Waals surface area contributed by atoms with Crippen molar-refractivity contribution in [2.75, 3.05) is 0 Å². The van der Waals surface area contributed by atoms with Crippen molar-refractivity contribution in [1.29, 1.82) is 0 Å². The van der Waals surface area contributed by atoms with Gasteiger partial charge in [-0.05, 0) is 66.0 Å². The Kier molecular flexibility index (Phi) is 4.50. The molecule has 2 N–H and O–H groups in total. The van der Waals surface area contributed by atoms with Crippen LogP contribution in [0.2, 0.25) is 0 Å². The van der Waals surface area contributed by atoms with Gasteiger partial charge in [0.2, 0.25) is 0 Å². The molecule has 0 spiro atoms. The summed E-state index contributed by atoms with van der Waals surface area (Å²) in [7, 11) is 3.81. The average molecular weight is 410 g/mol. The highest BCUT2D eigenvalue weighted by Gasteiger charge is 2.26. The zero-order valence-corrected chi connectivity index (χ0v) is 15.6. The summed E-state index contributed by atoms with van der Waals surface area (Å²) in [5.74, 6) is 0.551. The minimum atomic E-state index is -0.248. The largest absolute Gasteiger partial charge is 0.509 e. The summed E-state index contributed by atoms with van der Waals surface area (Å²) in [5.41, 5.74) is 3.69. The van der Waals surface area contributed by atoms with Crippen LogP contribution < -0.4 is 10.9 Å². The zero-order valence-electron chi connectivity index (χ0n) is 12.5. The Bertz CT molecular complexity index is 609. The van der Waals surface area contributed by atoms with Gasteiger partial charge in [-0.3, -0.25) is 0 Å². The van der Waals surface area contributed by atoms with Gasteiger partial charge in [-0.15, -0.1) is 0 Å². The van der Waals surface area contributed by atoms with Crippen LogP contribution in [-0.4, -0.2) is 25.9 Å². The van der Waals surface area contributed by atoms with E-state index in [2.05, 4.69) is 45.7 Å². The standard InChI is InChI=1S/C15H16B2Br2O2/c1-15(2,7-3-9(16)13(20)10(17)4-7)8-5-11(18)14(21)12(19)6-8/h3-6,20-21H,16-17H2,1-2H3. The predicted octanol–water partition coefficient (Wildman–Crippen LogP) is 1.47. The Morgan fingerprint density at radius 1 is 0.810 bits per heavy atom. The van der Waals surface area contributed by atoms with E-state index in [0.717, 1.165) is 22.1 Å². The molecule has 0 saturated heterocycles. The molecule has 108 valence electrons. The van der Waals surface area contributed by atoms with Gasteiger partial charge in [-0.25, -0.2) is 0 Å². The lowest BCUT2D eigenvalue weighted by Crippen LogP contribution is -2.25. The topological polar surface area (TPSA) is 40.5 Å². The van der Waals surface area contributed by atoms with Gasteiger partial charge in [0.1, 0.15) is 27.2 Å². The maximum absolute atomic E-state index is 9.94. The lowest BCUT2D eigenvalue weighted by Gasteiger charge is -2.28. The first-order chi connectivity index (χ1) is 9.64. The third kappa shape index (κ3) is 3.02. The van der Waals surface area contributed by atoms with Gasteiger partial charge in [0, 0.05) is 5.41 Å². The summed E-state index contributed by atoms with van der Waals surface area (Å²) in [6, 6.07) is 7.88. The Hall–Kier alpha value is -0.870. The van der Waals surface area contributed by atoms with Gasteiger partial charge >= 0.3 is 0 Å². The summed E-state index contributed by atoms with van der Waals surface area (Å²) in [4.78, 5) is 0. The molecule has 0 aromatic heterocycles. The number of phenolic OH excluding ortho intramolecular Hbond substituents is 2. The summed E-state index contributed by atoms with van der Waals surface area (Å²) in [6.07, 6.45) is 0. The van der Waals surface area contributed by atoms with Crippen LogP contribution in [0.1, 0.15) is 25.0 Å². The first-order valence-corrected chi connectivity index (χ1v) is 8.22. The van der Waals surface area contributed by atoms with Crippen LogP contribution in [0.5, 0.6) is 11.5 Å². The molecule has 0 heterocycles. The molecule has 2 aromatic rings. The van der Waals surface area contributed by atoms with Crippen LogP contribution in [0.3, 0.4) is 0 Å². The van der Waals surface area contributed by atoms with E-state index in [1.54, 1.807) is 0 Å². The molecular weight excluding hydrogens is 394 g/mol. The Balaban J connectivity index is 2.61. The van der Waals surface area contributed by atoms with E-state index in [1.807, 2.05) is 40.0 Å². The molecule has 2 rings (SSSR count). The van der Waals surface area contributed by atoms with Crippen molar-refractivity contribution in [2.45, 2.75) is 19.3 Å². The Morgan fingerprint density at radius 2 is 1.19 bits per heavy atom. The molecule has 6 heteroatoms. The van der Waals surface area contributed by atoms with Gasteiger partial charge in [0.05, 0.1) is 8.95 Å². The van der Waals surface area contributed by atoms with E-state index in [9.17, 15) is 10.2 Å². The van der Waals surface area contributed by atoms with Crippen molar-refractivity contribution in [3.05, 3.63) is 44.3 Å². The SMILES string of the molecule is Bc1cc(C(C)(C)c2cc(Br)c(O)c(Br)c2)cc(B)c1O. The molecular formula is C15H16B2Br2O2. The van der Waals surface area contributed by atoms with Crippen LogP contribution in [0.4, 0.5) is 0 Å². The molecule has 0 radical (unpaired) electrons. The highest BCUT2D eigenvalue weighted by molar-refractivity contribution is 9.11. The van der Waals surface area contributed by atoms with Crippen molar-refractivity contribution in [2.24, 2.45) is 0 Å². The zero-order chi connectivity index (χ0) is 15.9. The van der Waals surface area contributed by atoms with Crippen LogP contribution in [-0.2, 0) is 5.41 Å². The summed E-state index contributed by atoms with van der Waals surface area (Å²) >= 11 is 6.76. The normalized spacial score (nSPS) is 11.6. The van der Waals surface area contributed by atoms with E-state index < -0.39 is 0 Å². The number of rotatable bonds is 2. The Morgan fingerprint density at radius 3 is 1.62 bits per heavy atom. The number of hydrogen-bond acceptors (Lipinski definition) is 2. The fourth-order valence-electron chi connectivity index (χ4n) is 2.41. The number of halogens is 2. The smallest absolute Gasteiger partial charge is 0.144 e. The molecule has 21 heavy (non-hydrogen) atoms. The molecule has 0 unspecified atom stereocenters. The van der Waals surface area contributed by atoms with Crippen molar-refractivity contribution in [3.8, 4) is 11.5 Å². The molecule has 0 saturated carbocycles. The lowest BCUT2D eigenvalue weighted by molar-refractivity contribution is 0.467. The van der Waals surface area contributed by atoms with Crippen LogP contribution in [0.25, 0.3) is 0 Å². The molecule has 0 aliphatic carbocycles. The van der Waals surface area contributed by atoms with E-state index in [4.69, 9.17) is 0 Å². The molecule has 0 amide bonds. The molecule has 0 fully saturated rings. The van der Waals surface area contributed by atoms with Gasteiger partial charge in [-0.2, -0.15) is 0 Å². The fraction of sp³-hybridized carbons (Fsp3) is 0.200.